The minimum absolute atomic E-state index is 0.0188. The summed E-state index contributed by atoms with van der Waals surface area (Å²) in [7, 11) is 3.16. The van der Waals surface area contributed by atoms with Gasteiger partial charge in [0.2, 0.25) is 5.88 Å². The summed E-state index contributed by atoms with van der Waals surface area (Å²) in [6.07, 6.45) is -1.40. The molecule has 2 aliphatic heterocycles. The molecule has 1 atom stereocenters. The zero-order chi connectivity index (χ0) is 30.9. The maximum absolute atomic E-state index is 13.2. The first-order valence-corrected chi connectivity index (χ1v) is 14.8. The lowest BCUT2D eigenvalue weighted by Gasteiger charge is -2.47. The number of nitrogens with zero attached hydrogens (tertiary/aromatic N) is 6. The summed E-state index contributed by atoms with van der Waals surface area (Å²) in [6.45, 7) is 3.70. The average Bonchev–Trinajstić information content (AvgIpc) is 3.39. The molecule has 1 N–H and O–H groups in total. The Hall–Kier alpha value is -3.16. The second-order valence-electron chi connectivity index (χ2n) is 11.3. The molecule has 14 heteroatoms. The number of pyridine rings is 1. The maximum Gasteiger partial charge on any atom is 0.409 e. The van der Waals surface area contributed by atoms with Crippen LogP contribution >= 0.6 is 11.6 Å². The highest BCUT2D eigenvalue weighted by Gasteiger charge is 2.50. The number of piperidine rings is 1. The molecule has 2 saturated heterocycles. The molecule has 10 nitrogen and oxygen atoms in total. The molecule has 2 fully saturated rings. The summed E-state index contributed by atoms with van der Waals surface area (Å²) in [5.74, 6) is -1.40. The van der Waals surface area contributed by atoms with E-state index in [0.717, 1.165) is 12.8 Å². The van der Waals surface area contributed by atoms with Crippen LogP contribution in [-0.4, -0.2) is 87.0 Å². The van der Waals surface area contributed by atoms with Crippen molar-refractivity contribution in [1.29, 1.82) is 0 Å². The molecule has 1 unspecified atom stereocenters. The number of rotatable bonds is 9. The SMILES string of the molecule is CCCCOC(=O)N1CC(C(O)(c2ccc3nc(OC)c(CN4CCC(C(F)(F)F)CC4)c(Cl)c3c2)c2cnnn2C)C1. The Bertz CT molecular complexity index is 1460. The number of amides is 1. The van der Waals surface area contributed by atoms with Crippen LogP contribution in [0.25, 0.3) is 10.9 Å². The Morgan fingerprint density at radius 1 is 1.19 bits per heavy atom. The summed E-state index contributed by atoms with van der Waals surface area (Å²) < 4.78 is 52.0. The van der Waals surface area contributed by atoms with Gasteiger partial charge in [0, 0.05) is 43.5 Å². The first kappa shape index (κ1) is 31.3. The number of fused-ring (bicyclic) bond motifs is 1. The molecule has 2 aromatic heterocycles. The van der Waals surface area contributed by atoms with Crippen LogP contribution in [-0.2, 0) is 23.9 Å². The molecule has 43 heavy (non-hydrogen) atoms. The molecular formula is C29H36ClF3N6O4. The number of aryl methyl sites for hydroxylation is 1. The lowest BCUT2D eigenvalue weighted by atomic mass is 9.74. The summed E-state index contributed by atoms with van der Waals surface area (Å²) in [5, 5.41) is 21.3. The van der Waals surface area contributed by atoms with Crippen LogP contribution in [0.5, 0.6) is 5.88 Å². The third-order valence-electron chi connectivity index (χ3n) is 8.60. The molecule has 3 aromatic rings. The molecule has 1 amide bonds. The maximum atomic E-state index is 13.2. The minimum atomic E-state index is -4.20. The zero-order valence-electron chi connectivity index (χ0n) is 24.4. The van der Waals surface area contributed by atoms with Gasteiger partial charge in [0.1, 0.15) is 5.60 Å². The smallest absolute Gasteiger partial charge is 0.409 e. The number of halogens is 4. The Morgan fingerprint density at radius 2 is 1.91 bits per heavy atom. The molecule has 0 spiro atoms. The van der Waals surface area contributed by atoms with E-state index >= 15 is 0 Å². The molecular weight excluding hydrogens is 589 g/mol. The van der Waals surface area contributed by atoms with Gasteiger partial charge in [-0.3, -0.25) is 4.90 Å². The predicted molar refractivity (Wildman–Crippen MR) is 153 cm³/mol. The standard InChI is InChI=1S/C29H36ClF3N6O4/c1-4-5-12-43-27(40)39-15-20(16-39)28(41,24-14-34-36-37(24)2)19-6-7-23-21(13-19)25(30)22(26(35-23)42-3)17-38-10-8-18(9-11-38)29(31,32)33/h6-7,13-14,18,20,41H,4-5,8-12,15-17H2,1-3H3. The summed E-state index contributed by atoms with van der Waals surface area (Å²) in [5.41, 5.74) is 0.483. The third kappa shape index (κ3) is 6.12. The lowest BCUT2D eigenvalue weighted by Crippen LogP contribution is -2.59. The Kier molecular flexibility index (Phi) is 9.05. The van der Waals surface area contributed by atoms with E-state index in [0.29, 0.717) is 45.2 Å². The van der Waals surface area contributed by atoms with Crippen molar-refractivity contribution in [3.63, 3.8) is 0 Å². The number of hydrogen-bond acceptors (Lipinski definition) is 8. The van der Waals surface area contributed by atoms with Gasteiger partial charge < -0.3 is 19.5 Å². The number of methoxy groups -OCH3 is 1. The van der Waals surface area contributed by atoms with Gasteiger partial charge in [0.15, 0.2) is 0 Å². The van der Waals surface area contributed by atoms with Crippen LogP contribution in [0.1, 0.15) is 49.4 Å². The highest BCUT2D eigenvalue weighted by atomic mass is 35.5. The monoisotopic (exact) mass is 624 g/mol. The van der Waals surface area contributed by atoms with Gasteiger partial charge in [-0.15, -0.1) is 5.10 Å². The van der Waals surface area contributed by atoms with Gasteiger partial charge >= 0.3 is 12.3 Å². The van der Waals surface area contributed by atoms with Crippen molar-refractivity contribution in [1.82, 2.24) is 29.8 Å². The van der Waals surface area contributed by atoms with Crippen molar-refractivity contribution < 1.29 is 32.5 Å². The number of benzene rings is 1. The first-order valence-electron chi connectivity index (χ1n) is 14.4. The van der Waals surface area contributed by atoms with Gasteiger partial charge in [0.05, 0.1) is 42.1 Å². The number of carbonyl (C=O) groups excluding carboxylic acids is 1. The van der Waals surface area contributed by atoms with E-state index in [1.807, 2.05) is 11.8 Å². The van der Waals surface area contributed by atoms with E-state index in [-0.39, 0.29) is 51.5 Å². The number of aromatic nitrogens is 4. The number of likely N-dealkylation sites (tertiary alicyclic amines) is 2. The number of ether oxygens (including phenoxy) is 2. The fourth-order valence-corrected chi connectivity index (χ4v) is 6.23. The van der Waals surface area contributed by atoms with Crippen molar-refractivity contribution in [3.8, 4) is 5.88 Å². The van der Waals surface area contributed by atoms with Gasteiger partial charge in [0.25, 0.3) is 0 Å². The van der Waals surface area contributed by atoms with E-state index in [4.69, 9.17) is 21.1 Å². The van der Waals surface area contributed by atoms with Crippen molar-refractivity contribution in [2.45, 2.75) is 50.9 Å². The van der Waals surface area contributed by atoms with Gasteiger partial charge in [-0.1, -0.05) is 36.2 Å². The fraction of sp³-hybridized carbons (Fsp3) is 0.586. The van der Waals surface area contributed by atoms with Crippen molar-refractivity contribution in [2.24, 2.45) is 18.9 Å². The van der Waals surface area contributed by atoms with E-state index in [9.17, 15) is 23.1 Å². The molecule has 0 radical (unpaired) electrons. The highest BCUT2D eigenvalue weighted by molar-refractivity contribution is 6.36. The number of aliphatic hydroxyl groups is 1. The molecule has 4 heterocycles. The number of hydrogen-bond donors (Lipinski definition) is 1. The van der Waals surface area contributed by atoms with Crippen molar-refractivity contribution >= 4 is 28.6 Å². The molecule has 1 aromatic carbocycles. The molecule has 234 valence electrons. The quantitative estimate of drug-likeness (QED) is 0.335. The van der Waals surface area contributed by atoms with Crippen LogP contribution in [0.3, 0.4) is 0 Å². The number of carbonyl (C=O) groups is 1. The summed E-state index contributed by atoms with van der Waals surface area (Å²) in [6, 6.07) is 5.25. The largest absolute Gasteiger partial charge is 0.481 e. The summed E-state index contributed by atoms with van der Waals surface area (Å²) >= 11 is 6.97. The van der Waals surface area contributed by atoms with Crippen LogP contribution in [0.2, 0.25) is 5.02 Å². The Morgan fingerprint density at radius 3 is 2.51 bits per heavy atom. The van der Waals surface area contributed by atoms with E-state index in [1.165, 1.54) is 18.0 Å². The minimum Gasteiger partial charge on any atom is -0.481 e. The highest BCUT2D eigenvalue weighted by Crippen LogP contribution is 2.44. The third-order valence-corrected chi connectivity index (χ3v) is 9.03. The van der Waals surface area contributed by atoms with E-state index < -0.39 is 23.8 Å². The molecule has 0 bridgehead atoms. The van der Waals surface area contributed by atoms with Crippen LogP contribution in [0.15, 0.2) is 24.4 Å². The van der Waals surface area contributed by atoms with Crippen LogP contribution < -0.4 is 4.74 Å². The first-order chi connectivity index (χ1) is 20.5. The lowest BCUT2D eigenvalue weighted by molar-refractivity contribution is -0.185. The Balaban J connectivity index is 1.45. The van der Waals surface area contributed by atoms with E-state index in [1.54, 1.807) is 30.1 Å². The van der Waals surface area contributed by atoms with E-state index in [2.05, 4.69) is 15.3 Å². The van der Waals surface area contributed by atoms with Gasteiger partial charge in [-0.2, -0.15) is 13.2 Å². The Labute approximate surface area is 252 Å². The van der Waals surface area contributed by atoms with Gasteiger partial charge in [-0.25, -0.2) is 14.5 Å². The summed E-state index contributed by atoms with van der Waals surface area (Å²) in [4.78, 5) is 20.6. The van der Waals surface area contributed by atoms with Crippen LogP contribution in [0, 0.1) is 11.8 Å². The van der Waals surface area contributed by atoms with Crippen molar-refractivity contribution in [2.75, 3.05) is 39.9 Å². The van der Waals surface area contributed by atoms with Gasteiger partial charge in [-0.05, 0) is 50.0 Å². The fourth-order valence-electron chi connectivity index (χ4n) is 5.94. The number of unbranched alkanes of at least 4 members (excludes halogenated alkanes) is 1. The van der Waals surface area contributed by atoms with Crippen LogP contribution in [0.4, 0.5) is 18.0 Å². The molecule has 5 rings (SSSR count). The normalized spacial score (nSPS) is 18.5. The molecule has 0 aliphatic carbocycles. The van der Waals surface area contributed by atoms with Crippen molar-refractivity contribution in [3.05, 3.63) is 46.2 Å². The second kappa shape index (κ2) is 12.4. The molecule has 2 aliphatic rings. The molecule has 0 saturated carbocycles. The predicted octanol–water partition coefficient (Wildman–Crippen LogP) is 4.90. The topological polar surface area (TPSA) is 106 Å². The number of alkyl halides is 3. The average molecular weight is 625 g/mol. The second-order valence-corrected chi connectivity index (χ2v) is 11.7. The zero-order valence-corrected chi connectivity index (χ0v) is 25.2.